The molecule has 0 spiro atoms. The molecule has 148 valence electrons. The molecule has 0 aromatic carbocycles. The number of amides is 2. The maximum atomic E-state index is 12.7. The Morgan fingerprint density at radius 3 is 2.36 bits per heavy atom. The first-order valence-electron chi connectivity index (χ1n) is 9.76. The summed E-state index contributed by atoms with van der Waals surface area (Å²) in [5.74, 6) is 1.58. The number of aryl methyl sites for hydroxylation is 1. The van der Waals surface area contributed by atoms with Crippen LogP contribution in [0.5, 0.6) is 0 Å². The number of pyridine rings is 1. The van der Waals surface area contributed by atoms with E-state index in [4.69, 9.17) is 9.72 Å². The molecule has 4 heterocycles. The predicted molar refractivity (Wildman–Crippen MR) is 106 cm³/mol. The molecule has 0 N–H and O–H groups in total. The van der Waals surface area contributed by atoms with Crippen molar-refractivity contribution in [1.29, 1.82) is 0 Å². The molecule has 4 rings (SSSR count). The molecule has 2 fully saturated rings. The number of rotatable bonds is 2. The van der Waals surface area contributed by atoms with Crippen molar-refractivity contribution < 1.29 is 9.53 Å². The third-order valence-electron chi connectivity index (χ3n) is 5.39. The van der Waals surface area contributed by atoms with Crippen molar-refractivity contribution in [2.75, 3.05) is 57.4 Å². The molecule has 0 bridgehead atoms. The van der Waals surface area contributed by atoms with Gasteiger partial charge in [-0.25, -0.2) is 14.8 Å². The van der Waals surface area contributed by atoms with Crippen molar-refractivity contribution >= 4 is 11.8 Å². The summed E-state index contributed by atoms with van der Waals surface area (Å²) in [5, 5.41) is 0. The molecule has 2 saturated heterocycles. The summed E-state index contributed by atoms with van der Waals surface area (Å²) in [5.41, 5.74) is 2.80. The fraction of sp³-hybridized carbons (Fsp3) is 0.500. The van der Waals surface area contributed by atoms with Gasteiger partial charge in [0.15, 0.2) is 5.82 Å². The Hall–Kier alpha value is -2.74. The van der Waals surface area contributed by atoms with Crippen LogP contribution in [0.1, 0.15) is 11.3 Å². The normalized spacial score (nSPS) is 17.7. The standard InChI is InChI=1S/C20H26N6O2/c1-15-16(2)22-18(17-5-3-4-6-21-17)23-19(15)24-7-9-25(10-8-24)20(27)26-11-13-28-14-12-26/h3-6H,7-14H2,1-2H3. The van der Waals surface area contributed by atoms with Crippen LogP contribution in [-0.4, -0.2) is 83.3 Å². The van der Waals surface area contributed by atoms with E-state index in [1.807, 2.05) is 34.9 Å². The minimum atomic E-state index is 0.118. The maximum absolute atomic E-state index is 12.7. The van der Waals surface area contributed by atoms with Crippen molar-refractivity contribution in [2.45, 2.75) is 13.8 Å². The van der Waals surface area contributed by atoms with Crippen molar-refractivity contribution in [1.82, 2.24) is 24.8 Å². The molecule has 8 nitrogen and oxygen atoms in total. The lowest BCUT2D eigenvalue weighted by Gasteiger charge is -2.39. The number of nitrogens with zero attached hydrogens (tertiary/aromatic N) is 6. The zero-order chi connectivity index (χ0) is 19.5. The van der Waals surface area contributed by atoms with Crippen LogP contribution in [0.25, 0.3) is 11.5 Å². The smallest absolute Gasteiger partial charge is 0.320 e. The molecule has 0 aliphatic carbocycles. The molecule has 2 aromatic rings. The molecular weight excluding hydrogens is 356 g/mol. The molecule has 0 radical (unpaired) electrons. The van der Waals surface area contributed by atoms with Crippen LogP contribution in [0.3, 0.4) is 0 Å². The summed E-state index contributed by atoms with van der Waals surface area (Å²) in [4.78, 5) is 32.6. The molecule has 2 aliphatic rings. The maximum Gasteiger partial charge on any atom is 0.320 e. The van der Waals surface area contributed by atoms with E-state index in [1.165, 1.54) is 0 Å². The predicted octanol–water partition coefficient (Wildman–Crippen LogP) is 1.73. The molecule has 2 aliphatic heterocycles. The fourth-order valence-corrected chi connectivity index (χ4v) is 3.60. The Bertz CT molecular complexity index is 830. The highest BCUT2D eigenvalue weighted by molar-refractivity contribution is 5.75. The topological polar surface area (TPSA) is 74.7 Å². The molecule has 28 heavy (non-hydrogen) atoms. The van der Waals surface area contributed by atoms with E-state index >= 15 is 0 Å². The van der Waals surface area contributed by atoms with Crippen LogP contribution >= 0.6 is 0 Å². The van der Waals surface area contributed by atoms with Gasteiger partial charge in [-0.3, -0.25) is 4.98 Å². The number of piperazine rings is 1. The number of hydrogen-bond donors (Lipinski definition) is 0. The summed E-state index contributed by atoms with van der Waals surface area (Å²) in [6.45, 7) is 9.57. The van der Waals surface area contributed by atoms with Gasteiger partial charge in [0.05, 0.1) is 13.2 Å². The molecular formula is C20H26N6O2. The average Bonchev–Trinajstić information content (AvgIpc) is 2.76. The minimum absolute atomic E-state index is 0.118. The number of ether oxygens (including phenoxy) is 1. The quantitative estimate of drug-likeness (QED) is 0.788. The second-order valence-corrected chi connectivity index (χ2v) is 7.15. The van der Waals surface area contributed by atoms with E-state index in [-0.39, 0.29) is 6.03 Å². The monoisotopic (exact) mass is 382 g/mol. The Balaban J connectivity index is 1.48. The van der Waals surface area contributed by atoms with E-state index in [0.29, 0.717) is 45.2 Å². The summed E-state index contributed by atoms with van der Waals surface area (Å²) < 4.78 is 5.34. The van der Waals surface area contributed by atoms with Crippen LogP contribution in [0.4, 0.5) is 10.6 Å². The lowest BCUT2D eigenvalue weighted by atomic mass is 10.2. The summed E-state index contributed by atoms with van der Waals surface area (Å²) in [7, 11) is 0. The third kappa shape index (κ3) is 3.77. The molecule has 2 aromatic heterocycles. The number of morpholine rings is 1. The van der Waals surface area contributed by atoms with Crippen molar-refractivity contribution in [3.63, 3.8) is 0 Å². The van der Waals surface area contributed by atoms with Crippen molar-refractivity contribution in [3.8, 4) is 11.5 Å². The van der Waals surface area contributed by atoms with Gasteiger partial charge < -0.3 is 19.4 Å². The Morgan fingerprint density at radius 2 is 1.68 bits per heavy atom. The van der Waals surface area contributed by atoms with Gasteiger partial charge in [-0.1, -0.05) is 6.07 Å². The third-order valence-corrected chi connectivity index (χ3v) is 5.39. The first-order chi connectivity index (χ1) is 13.6. The molecule has 8 heteroatoms. The molecule has 0 unspecified atom stereocenters. The van der Waals surface area contributed by atoms with Gasteiger partial charge in [-0.15, -0.1) is 0 Å². The molecule has 0 saturated carbocycles. The number of carbonyl (C=O) groups excluding carboxylic acids is 1. The second kappa shape index (κ2) is 8.10. The summed E-state index contributed by atoms with van der Waals surface area (Å²) in [6.07, 6.45) is 1.75. The van der Waals surface area contributed by atoms with Gasteiger partial charge in [-0.2, -0.15) is 0 Å². The fourth-order valence-electron chi connectivity index (χ4n) is 3.60. The summed E-state index contributed by atoms with van der Waals surface area (Å²) in [6, 6.07) is 5.87. The minimum Gasteiger partial charge on any atom is -0.378 e. The van der Waals surface area contributed by atoms with E-state index in [0.717, 1.165) is 35.9 Å². The van der Waals surface area contributed by atoms with Crippen LogP contribution in [0, 0.1) is 13.8 Å². The van der Waals surface area contributed by atoms with Gasteiger partial charge >= 0.3 is 6.03 Å². The highest BCUT2D eigenvalue weighted by Gasteiger charge is 2.28. The summed E-state index contributed by atoms with van der Waals surface area (Å²) >= 11 is 0. The molecule has 0 atom stereocenters. The number of hydrogen-bond acceptors (Lipinski definition) is 6. The number of urea groups is 1. The van der Waals surface area contributed by atoms with Gasteiger partial charge in [0.1, 0.15) is 11.5 Å². The lowest BCUT2D eigenvalue weighted by Crippen LogP contribution is -2.55. The highest BCUT2D eigenvalue weighted by Crippen LogP contribution is 2.24. The zero-order valence-electron chi connectivity index (χ0n) is 16.5. The van der Waals surface area contributed by atoms with Gasteiger partial charge in [0.25, 0.3) is 0 Å². The van der Waals surface area contributed by atoms with Crippen LogP contribution < -0.4 is 4.90 Å². The Labute approximate surface area is 165 Å². The van der Waals surface area contributed by atoms with Gasteiger partial charge in [0, 0.05) is 56.7 Å². The van der Waals surface area contributed by atoms with E-state index in [2.05, 4.69) is 21.8 Å². The van der Waals surface area contributed by atoms with Crippen LogP contribution in [-0.2, 0) is 4.74 Å². The van der Waals surface area contributed by atoms with E-state index < -0.39 is 0 Å². The van der Waals surface area contributed by atoms with Crippen LogP contribution in [0.15, 0.2) is 24.4 Å². The first kappa shape index (κ1) is 18.6. The lowest BCUT2D eigenvalue weighted by molar-refractivity contribution is 0.0428. The van der Waals surface area contributed by atoms with Crippen LogP contribution in [0.2, 0.25) is 0 Å². The van der Waals surface area contributed by atoms with Crippen molar-refractivity contribution in [2.24, 2.45) is 0 Å². The van der Waals surface area contributed by atoms with Crippen molar-refractivity contribution in [3.05, 3.63) is 35.7 Å². The van der Waals surface area contributed by atoms with E-state index in [1.54, 1.807) is 6.20 Å². The average molecular weight is 382 g/mol. The molecule has 2 amide bonds. The SMILES string of the molecule is Cc1nc(-c2ccccn2)nc(N2CCN(C(=O)N3CCOCC3)CC2)c1C. The first-order valence-corrected chi connectivity index (χ1v) is 9.76. The number of anilines is 1. The highest BCUT2D eigenvalue weighted by atomic mass is 16.5. The zero-order valence-corrected chi connectivity index (χ0v) is 16.5. The van der Waals surface area contributed by atoms with Gasteiger partial charge in [0.2, 0.25) is 0 Å². The number of carbonyl (C=O) groups is 1. The van der Waals surface area contributed by atoms with E-state index in [9.17, 15) is 4.79 Å². The largest absolute Gasteiger partial charge is 0.378 e. The Morgan fingerprint density at radius 1 is 0.964 bits per heavy atom. The number of aromatic nitrogens is 3. The Kier molecular flexibility index (Phi) is 5.38. The second-order valence-electron chi connectivity index (χ2n) is 7.15. The van der Waals surface area contributed by atoms with Gasteiger partial charge in [-0.05, 0) is 26.0 Å².